The predicted molar refractivity (Wildman–Crippen MR) is 40.0 cm³/mol. The molecule has 3 unspecified atom stereocenters. The quantitative estimate of drug-likeness (QED) is 0.582. The molecule has 3 atom stereocenters. The van der Waals surface area contributed by atoms with Crippen LogP contribution in [0.5, 0.6) is 0 Å². The summed E-state index contributed by atoms with van der Waals surface area (Å²) in [5, 5.41) is 8.95. The van der Waals surface area contributed by atoms with Crippen LogP contribution in [0.2, 0.25) is 0 Å². The van der Waals surface area contributed by atoms with Crippen molar-refractivity contribution in [1.29, 1.82) is 0 Å². The highest BCUT2D eigenvalue weighted by molar-refractivity contribution is 5.75. The molecule has 0 aromatic carbocycles. The van der Waals surface area contributed by atoms with E-state index in [0.717, 1.165) is 19.3 Å². The number of carbonyl (C=O) groups is 1. The number of carboxylic acid groups (broad SMARTS) is 1. The number of rotatable bonds is 1. The molecule has 0 saturated heterocycles. The molecule has 0 aliphatic heterocycles. The summed E-state index contributed by atoms with van der Waals surface area (Å²) < 4.78 is 0. The highest BCUT2D eigenvalue weighted by atomic mass is 16.4. The van der Waals surface area contributed by atoms with Crippen molar-refractivity contribution in [2.75, 3.05) is 0 Å². The first-order valence-corrected chi connectivity index (χ1v) is 4.13. The predicted octanol–water partition coefficient (Wildman–Crippen LogP) is 0.588. The highest BCUT2D eigenvalue weighted by Crippen LogP contribution is 2.53. The van der Waals surface area contributed by atoms with Gasteiger partial charge in [0, 0.05) is 6.04 Å². The third-order valence-electron chi connectivity index (χ3n) is 3.33. The minimum Gasteiger partial charge on any atom is -0.481 e. The van der Waals surface area contributed by atoms with Crippen LogP contribution in [0.15, 0.2) is 0 Å². The van der Waals surface area contributed by atoms with Crippen LogP contribution in [0.1, 0.15) is 25.7 Å². The van der Waals surface area contributed by atoms with E-state index in [0.29, 0.717) is 12.3 Å². The highest BCUT2D eigenvalue weighted by Gasteiger charge is 2.53. The maximum Gasteiger partial charge on any atom is 0.309 e. The summed E-state index contributed by atoms with van der Waals surface area (Å²) in [6.45, 7) is 0. The van der Waals surface area contributed by atoms with Crippen molar-refractivity contribution in [3.63, 3.8) is 0 Å². The summed E-state index contributed by atoms with van der Waals surface area (Å²) in [4.78, 5) is 10.9. The van der Waals surface area contributed by atoms with Crippen molar-refractivity contribution < 1.29 is 9.90 Å². The minimum atomic E-state index is -0.632. The van der Waals surface area contributed by atoms with Gasteiger partial charge in [0.1, 0.15) is 0 Å². The topological polar surface area (TPSA) is 63.3 Å². The summed E-state index contributed by atoms with van der Waals surface area (Å²) in [6, 6.07) is 0.153. The molecule has 3 N–H and O–H groups in total. The van der Waals surface area contributed by atoms with E-state index < -0.39 is 11.4 Å². The maximum absolute atomic E-state index is 10.9. The molecule has 0 aromatic heterocycles. The Bertz CT molecular complexity index is 200. The molecule has 62 valence electrons. The molecule has 11 heavy (non-hydrogen) atoms. The van der Waals surface area contributed by atoms with Gasteiger partial charge >= 0.3 is 5.97 Å². The van der Waals surface area contributed by atoms with E-state index in [1.165, 1.54) is 0 Å². The lowest BCUT2D eigenvalue weighted by molar-refractivity contribution is -0.148. The van der Waals surface area contributed by atoms with Crippen molar-refractivity contribution in [1.82, 2.24) is 0 Å². The van der Waals surface area contributed by atoms with Gasteiger partial charge in [0.25, 0.3) is 0 Å². The Morgan fingerprint density at radius 3 is 2.55 bits per heavy atom. The Hall–Kier alpha value is -0.570. The summed E-state index contributed by atoms with van der Waals surface area (Å²) in [5.41, 5.74) is 5.35. The molecular formula is C8H13NO2. The van der Waals surface area contributed by atoms with E-state index in [1.54, 1.807) is 0 Å². The molecule has 3 nitrogen and oxygen atoms in total. The van der Waals surface area contributed by atoms with E-state index in [1.807, 2.05) is 0 Å². The fraction of sp³-hybridized carbons (Fsp3) is 0.875. The van der Waals surface area contributed by atoms with E-state index in [2.05, 4.69) is 0 Å². The molecule has 2 bridgehead atoms. The molecular weight excluding hydrogens is 142 g/mol. The standard InChI is InChI=1S/C8H13NO2/c9-6-4-8(7(10)11)2-1-5(6)3-8/h5-6H,1-4,9H2,(H,10,11). The normalized spacial score (nSPS) is 48.1. The fourth-order valence-electron chi connectivity index (χ4n) is 2.62. The Balaban J connectivity index is 2.23. The van der Waals surface area contributed by atoms with Gasteiger partial charge in [-0.1, -0.05) is 0 Å². The number of nitrogens with two attached hydrogens (primary N) is 1. The first-order chi connectivity index (χ1) is 5.14. The van der Waals surface area contributed by atoms with Crippen LogP contribution in [0.4, 0.5) is 0 Å². The molecule has 2 aliphatic carbocycles. The molecule has 0 amide bonds. The van der Waals surface area contributed by atoms with E-state index in [4.69, 9.17) is 10.8 Å². The van der Waals surface area contributed by atoms with Gasteiger partial charge in [-0.05, 0) is 31.6 Å². The van der Waals surface area contributed by atoms with E-state index in [9.17, 15) is 4.79 Å². The van der Waals surface area contributed by atoms with Gasteiger partial charge in [0.2, 0.25) is 0 Å². The number of carboxylic acids is 1. The zero-order valence-corrected chi connectivity index (χ0v) is 6.42. The summed E-state index contributed by atoms with van der Waals surface area (Å²) in [6.07, 6.45) is 3.39. The van der Waals surface area contributed by atoms with Crippen LogP contribution in [-0.2, 0) is 4.79 Å². The molecule has 2 saturated carbocycles. The molecule has 2 aliphatic rings. The SMILES string of the molecule is NC1CC2(C(=O)O)CCC1C2. The van der Waals surface area contributed by atoms with Gasteiger partial charge in [-0.2, -0.15) is 0 Å². The fourth-order valence-corrected chi connectivity index (χ4v) is 2.62. The van der Waals surface area contributed by atoms with Crippen LogP contribution in [0.3, 0.4) is 0 Å². The van der Waals surface area contributed by atoms with Gasteiger partial charge in [0.05, 0.1) is 5.41 Å². The second-order valence-corrected chi connectivity index (χ2v) is 3.96. The van der Waals surface area contributed by atoms with E-state index in [-0.39, 0.29) is 6.04 Å². The zero-order chi connectivity index (χ0) is 8.06. The summed E-state index contributed by atoms with van der Waals surface area (Å²) in [7, 11) is 0. The first kappa shape index (κ1) is 7.10. The summed E-state index contributed by atoms with van der Waals surface area (Å²) in [5.74, 6) is -0.140. The van der Waals surface area contributed by atoms with Gasteiger partial charge in [0.15, 0.2) is 0 Å². The average molecular weight is 155 g/mol. The molecule has 0 heterocycles. The lowest BCUT2D eigenvalue weighted by Crippen LogP contribution is -2.33. The van der Waals surface area contributed by atoms with Crippen LogP contribution in [0.25, 0.3) is 0 Å². The molecule has 0 radical (unpaired) electrons. The van der Waals surface area contributed by atoms with Crippen molar-refractivity contribution in [2.45, 2.75) is 31.7 Å². The molecule has 0 aromatic rings. The van der Waals surface area contributed by atoms with Gasteiger partial charge < -0.3 is 10.8 Å². The van der Waals surface area contributed by atoms with Gasteiger partial charge in [-0.3, -0.25) is 4.79 Å². The monoisotopic (exact) mass is 155 g/mol. The Morgan fingerprint density at radius 2 is 2.27 bits per heavy atom. The van der Waals surface area contributed by atoms with Gasteiger partial charge in [-0.15, -0.1) is 0 Å². The molecule has 2 rings (SSSR count). The van der Waals surface area contributed by atoms with Crippen LogP contribution < -0.4 is 5.73 Å². The number of aliphatic carboxylic acids is 1. The maximum atomic E-state index is 10.9. The second kappa shape index (κ2) is 1.97. The number of fused-ring (bicyclic) bond motifs is 2. The average Bonchev–Trinajstić information content (AvgIpc) is 2.44. The lowest BCUT2D eigenvalue weighted by Gasteiger charge is -2.23. The second-order valence-electron chi connectivity index (χ2n) is 3.96. The van der Waals surface area contributed by atoms with Crippen LogP contribution >= 0.6 is 0 Å². The van der Waals surface area contributed by atoms with Crippen LogP contribution in [-0.4, -0.2) is 17.1 Å². The molecule has 3 heteroatoms. The zero-order valence-electron chi connectivity index (χ0n) is 6.42. The first-order valence-electron chi connectivity index (χ1n) is 4.13. The van der Waals surface area contributed by atoms with Gasteiger partial charge in [-0.25, -0.2) is 0 Å². The Kier molecular flexibility index (Phi) is 1.27. The number of hydrogen-bond donors (Lipinski definition) is 2. The summed E-state index contributed by atoms with van der Waals surface area (Å²) >= 11 is 0. The molecule has 2 fully saturated rings. The third-order valence-corrected chi connectivity index (χ3v) is 3.33. The minimum absolute atomic E-state index is 0.153. The van der Waals surface area contributed by atoms with Crippen molar-refractivity contribution >= 4 is 5.97 Å². The smallest absolute Gasteiger partial charge is 0.309 e. The number of hydrogen-bond acceptors (Lipinski definition) is 2. The van der Waals surface area contributed by atoms with Crippen molar-refractivity contribution in [2.24, 2.45) is 17.1 Å². The lowest BCUT2D eigenvalue weighted by atomic mass is 9.83. The largest absolute Gasteiger partial charge is 0.481 e. The van der Waals surface area contributed by atoms with E-state index >= 15 is 0 Å². The molecule has 0 spiro atoms. The van der Waals surface area contributed by atoms with Crippen molar-refractivity contribution in [3.05, 3.63) is 0 Å². The Morgan fingerprint density at radius 1 is 1.55 bits per heavy atom. The van der Waals surface area contributed by atoms with Crippen molar-refractivity contribution in [3.8, 4) is 0 Å². The third kappa shape index (κ3) is 0.805. The van der Waals surface area contributed by atoms with Crippen LogP contribution in [0, 0.1) is 11.3 Å². The Labute approximate surface area is 65.6 Å².